The minimum Gasteiger partial charge on any atom is -0.490 e. The van der Waals surface area contributed by atoms with Crippen LogP contribution in [-0.4, -0.2) is 47.3 Å². The molecule has 0 unspecified atom stereocenters. The van der Waals surface area contributed by atoms with Crippen LogP contribution in [0.25, 0.3) is 33.6 Å². The van der Waals surface area contributed by atoms with Crippen molar-refractivity contribution < 1.29 is 18.8 Å². The largest absolute Gasteiger partial charge is 0.490 e. The fourth-order valence-corrected chi connectivity index (χ4v) is 4.51. The quantitative estimate of drug-likeness (QED) is 0.346. The zero-order valence-corrected chi connectivity index (χ0v) is 20.4. The lowest BCUT2D eigenvalue weighted by Crippen LogP contribution is -2.50. The molecule has 8 nitrogen and oxygen atoms in total. The van der Waals surface area contributed by atoms with Gasteiger partial charge in [-0.15, -0.1) is 0 Å². The number of ether oxygens (including phenoxy) is 2. The van der Waals surface area contributed by atoms with Crippen LogP contribution in [0.4, 0.5) is 0 Å². The zero-order chi connectivity index (χ0) is 25.2. The van der Waals surface area contributed by atoms with E-state index in [1.807, 2.05) is 44.2 Å². The molecule has 1 saturated heterocycles. The number of hydrogen-bond acceptors (Lipinski definition) is 8. The van der Waals surface area contributed by atoms with E-state index in [1.165, 1.54) is 12.7 Å². The van der Waals surface area contributed by atoms with E-state index < -0.39 is 0 Å². The second-order valence-electron chi connectivity index (χ2n) is 9.14. The fourth-order valence-electron chi connectivity index (χ4n) is 4.51. The first-order valence-electron chi connectivity index (χ1n) is 11.8. The molecule has 1 aliphatic heterocycles. The normalized spacial score (nSPS) is 14.0. The van der Waals surface area contributed by atoms with Gasteiger partial charge in [0.25, 0.3) is 5.89 Å². The molecule has 0 bridgehead atoms. The van der Waals surface area contributed by atoms with E-state index in [2.05, 4.69) is 33.2 Å². The number of aromatic nitrogens is 2. The molecule has 1 aromatic heterocycles. The summed E-state index contributed by atoms with van der Waals surface area (Å²) < 4.78 is 16.1. The first-order chi connectivity index (χ1) is 17.5. The van der Waals surface area contributed by atoms with Crippen LogP contribution in [-0.2, 0) is 16.1 Å². The Kier molecular flexibility index (Phi) is 6.40. The molecular weight excluding hydrogens is 456 g/mol. The molecule has 1 fully saturated rings. The number of carbonyl (C=O) groups is 1. The molecule has 2 heterocycles. The van der Waals surface area contributed by atoms with Crippen LogP contribution in [0.1, 0.15) is 25.0 Å². The van der Waals surface area contributed by atoms with E-state index in [0.29, 0.717) is 41.7 Å². The average Bonchev–Trinajstić information content (AvgIpc) is 3.35. The van der Waals surface area contributed by atoms with Crippen LogP contribution in [0.3, 0.4) is 0 Å². The van der Waals surface area contributed by atoms with Crippen molar-refractivity contribution in [1.82, 2.24) is 15.0 Å². The Morgan fingerprint density at radius 1 is 1.17 bits per heavy atom. The summed E-state index contributed by atoms with van der Waals surface area (Å²) in [5, 5.41) is 15.9. The Labute approximate surface area is 209 Å². The van der Waals surface area contributed by atoms with Crippen LogP contribution in [0.5, 0.6) is 5.75 Å². The predicted molar refractivity (Wildman–Crippen MR) is 134 cm³/mol. The van der Waals surface area contributed by atoms with Crippen molar-refractivity contribution >= 4 is 16.7 Å². The number of methoxy groups -OCH3 is 1. The number of likely N-dealkylation sites (tertiary alicyclic amines) is 1. The van der Waals surface area contributed by atoms with Crippen molar-refractivity contribution in [1.29, 1.82) is 5.26 Å². The number of benzene rings is 3. The summed E-state index contributed by atoms with van der Waals surface area (Å²) in [7, 11) is 1.43. The van der Waals surface area contributed by atoms with E-state index in [4.69, 9.17) is 14.0 Å². The lowest BCUT2D eigenvalue weighted by atomic mass is 9.95. The van der Waals surface area contributed by atoms with Crippen molar-refractivity contribution in [2.24, 2.45) is 5.92 Å². The fraction of sp³-hybridized carbons (Fsp3) is 0.286. The topological polar surface area (TPSA) is 101 Å². The van der Waals surface area contributed by atoms with Crippen molar-refractivity contribution in [3.63, 3.8) is 0 Å². The van der Waals surface area contributed by atoms with Gasteiger partial charge >= 0.3 is 5.97 Å². The molecule has 4 aromatic rings. The average molecular weight is 483 g/mol. The highest BCUT2D eigenvalue weighted by molar-refractivity contribution is 5.97. The molecular formula is C28H26N4O4. The van der Waals surface area contributed by atoms with Crippen LogP contribution in [0, 0.1) is 17.2 Å². The van der Waals surface area contributed by atoms with Crippen LogP contribution >= 0.6 is 0 Å². The van der Waals surface area contributed by atoms with Gasteiger partial charge in [0.1, 0.15) is 11.8 Å². The smallest absolute Gasteiger partial charge is 0.311 e. The Hall–Kier alpha value is -4.22. The highest BCUT2D eigenvalue weighted by Crippen LogP contribution is 2.33. The van der Waals surface area contributed by atoms with Crippen molar-refractivity contribution in [3.8, 4) is 34.7 Å². The number of carbonyl (C=O) groups excluding carboxylic acids is 1. The monoisotopic (exact) mass is 482 g/mol. The van der Waals surface area contributed by atoms with Gasteiger partial charge in [-0.25, -0.2) is 0 Å². The summed E-state index contributed by atoms with van der Waals surface area (Å²) in [5.74, 6) is 1.13. The highest BCUT2D eigenvalue weighted by atomic mass is 16.5. The van der Waals surface area contributed by atoms with Crippen molar-refractivity contribution in [2.75, 3.05) is 20.2 Å². The Balaban J connectivity index is 1.42. The molecule has 0 aliphatic carbocycles. The maximum Gasteiger partial charge on any atom is 0.311 e. The van der Waals surface area contributed by atoms with E-state index in [-0.39, 0.29) is 18.0 Å². The van der Waals surface area contributed by atoms with E-state index >= 15 is 0 Å². The minimum atomic E-state index is -0.150. The number of hydrogen-bond donors (Lipinski definition) is 0. The molecule has 0 spiro atoms. The summed E-state index contributed by atoms with van der Waals surface area (Å²) in [6.07, 6.45) is -0.0374. The van der Waals surface area contributed by atoms with Crippen molar-refractivity contribution in [2.45, 2.75) is 26.5 Å². The molecule has 0 saturated carbocycles. The first kappa shape index (κ1) is 23.5. The number of nitriles is 1. The van der Waals surface area contributed by atoms with Gasteiger partial charge < -0.3 is 14.0 Å². The van der Waals surface area contributed by atoms with Crippen LogP contribution in [0.15, 0.2) is 59.1 Å². The molecule has 0 atom stereocenters. The Morgan fingerprint density at radius 3 is 2.67 bits per heavy atom. The highest BCUT2D eigenvalue weighted by Gasteiger charge is 2.33. The van der Waals surface area contributed by atoms with Crippen molar-refractivity contribution in [3.05, 3.63) is 65.7 Å². The van der Waals surface area contributed by atoms with Gasteiger partial charge in [0.2, 0.25) is 5.82 Å². The molecule has 0 radical (unpaired) electrons. The minimum absolute atomic E-state index is 0.0374. The summed E-state index contributed by atoms with van der Waals surface area (Å²) in [6.45, 7) is 5.97. The Bertz CT molecular complexity index is 1460. The standard InChI is InChI=1S/C28H26N4O4/c1-17(2)35-25-11-9-18(12-20(25)13-29)27-30-26(31-36-27)24-10-8-19(22-6-4-5-7-23(22)24)14-32-15-21(16-32)28(33)34-3/h4-12,17,21H,14-16H2,1-3H3. The molecule has 0 N–H and O–H groups in total. The summed E-state index contributed by atoms with van der Waals surface area (Å²) in [5.41, 5.74) is 3.10. The zero-order valence-electron chi connectivity index (χ0n) is 20.4. The summed E-state index contributed by atoms with van der Waals surface area (Å²) >= 11 is 0. The van der Waals surface area contributed by atoms with Crippen LogP contribution in [0.2, 0.25) is 0 Å². The molecule has 8 heteroatoms. The first-order valence-corrected chi connectivity index (χ1v) is 11.8. The van der Waals surface area contributed by atoms with Gasteiger partial charge in [-0.2, -0.15) is 10.2 Å². The number of nitrogens with zero attached hydrogens (tertiary/aromatic N) is 4. The lowest BCUT2D eigenvalue weighted by molar-refractivity contribution is -0.151. The van der Waals surface area contributed by atoms with Crippen LogP contribution < -0.4 is 4.74 Å². The molecule has 1 aliphatic rings. The van der Waals surface area contributed by atoms with Gasteiger partial charge in [0.15, 0.2) is 0 Å². The number of esters is 1. The second kappa shape index (κ2) is 9.80. The SMILES string of the molecule is COC(=O)C1CN(Cc2ccc(-c3noc(-c4ccc(OC(C)C)c(C#N)c4)n3)c3ccccc23)C1. The third kappa shape index (κ3) is 4.53. The van der Waals surface area contributed by atoms with Gasteiger partial charge in [0.05, 0.1) is 24.7 Å². The third-order valence-electron chi connectivity index (χ3n) is 6.28. The predicted octanol–water partition coefficient (Wildman–Crippen LogP) is 4.82. The Morgan fingerprint density at radius 2 is 1.94 bits per heavy atom. The molecule has 5 rings (SSSR count). The van der Waals surface area contributed by atoms with E-state index in [9.17, 15) is 10.1 Å². The van der Waals surface area contributed by atoms with Gasteiger partial charge in [-0.3, -0.25) is 9.69 Å². The second-order valence-corrected chi connectivity index (χ2v) is 9.14. The molecule has 36 heavy (non-hydrogen) atoms. The van der Waals surface area contributed by atoms with E-state index in [1.54, 1.807) is 12.1 Å². The van der Waals surface area contributed by atoms with E-state index in [0.717, 1.165) is 22.9 Å². The molecule has 3 aromatic carbocycles. The maximum atomic E-state index is 11.7. The molecule has 0 amide bonds. The van der Waals surface area contributed by atoms with Gasteiger partial charge in [0, 0.05) is 30.8 Å². The molecule has 182 valence electrons. The maximum absolute atomic E-state index is 11.7. The number of fused-ring (bicyclic) bond motifs is 1. The summed E-state index contributed by atoms with van der Waals surface area (Å²) in [6, 6.07) is 19.6. The third-order valence-corrected chi connectivity index (χ3v) is 6.28. The summed E-state index contributed by atoms with van der Waals surface area (Å²) in [4.78, 5) is 18.6. The number of rotatable bonds is 7. The lowest BCUT2D eigenvalue weighted by Gasteiger charge is -2.37. The van der Waals surface area contributed by atoms with Gasteiger partial charge in [-0.1, -0.05) is 41.6 Å². The van der Waals surface area contributed by atoms with Gasteiger partial charge in [-0.05, 0) is 48.4 Å².